The molecule has 1 rings (SSSR count). The lowest BCUT2D eigenvalue weighted by Crippen LogP contribution is -2.07. The molecular formula is C12H16Cl2O. The Bertz CT molecular complexity index is 289. The molecule has 0 aliphatic heterocycles. The Morgan fingerprint density at radius 1 is 1.40 bits per heavy atom. The maximum atomic E-state index is 6.18. The average Bonchev–Trinajstić information content (AvgIpc) is 2.18. The van der Waals surface area contributed by atoms with E-state index in [1.165, 1.54) is 5.56 Å². The SMILES string of the molecule is CCOCCC(Cl)Cc1cccc(Cl)c1. The van der Waals surface area contributed by atoms with E-state index in [0.717, 1.165) is 31.1 Å². The zero-order valence-corrected chi connectivity index (χ0v) is 10.4. The summed E-state index contributed by atoms with van der Waals surface area (Å²) in [7, 11) is 0. The Balaban J connectivity index is 2.34. The number of hydrogen-bond donors (Lipinski definition) is 0. The van der Waals surface area contributed by atoms with E-state index in [-0.39, 0.29) is 5.38 Å². The maximum Gasteiger partial charge on any atom is 0.0480 e. The number of ether oxygens (including phenoxy) is 1. The van der Waals surface area contributed by atoms with Gasteiger partial charge in [-0.15, -0.1) is 11.6 Å². The van der Waals surface area contributed by atoms with Crippen LogP contribution in [-0.2, 0) is 11.2 Å². The predicted molar refractivity (Wildman–Crippen MR) is 65.9 cm³/mol. The van der Waals surface area contributed by atoms with E-state index < -0.39 is 0 Å². The van der Waals surface area contributed by atoms with Crippen molar-refractivity contribution in [1.29, 1.82) is 0 Å². The lowest BCUT2D eigenvalue weighted by molar-refractivity contribution is 0.144. The van der Waals surface area contributed by atoms with Gasteiger partial charge in [0.25, 0.3) is 0 Å². The second kappa shape index (κ2) is 7.10. The molecule has 15 heavy (non-hydrogen) atoms. The lowest BCUT2D eigenvalue weighted by atomic mass is 10.1. The van der Waals surface area contributed by atoms with Gasteiger partial charge in [-0.05, 0) is 37.5 Å². The highest BCUT2D eigenvalue weighted by molar-refractivity contribution is 6.30. The highest BCUT2D eigenvalue weighted by Gasteiger charge is 2.06. The molecule has 0 amide bonds. The largest absolute Gasteiger partial charge is 0.382 e. The van der Waals surface area contributed by atoms with Gasteiger partial charge in [0, 0.05) is 23.6 Å². The summed E-state index contributed by atoms with van der Waals surface area (Å²) in [6.45, 7) is 3.46. The van der Waals surface area contributed by atoms with E-state index in [9.17, 15) is 0 Å². The van der Waals surface area contributed by atoms with E-state index in [2.05, 4.69) is 0 Å². The predicted octanol–water partition coefficient (Wildman–Crippen LogP) is 3.92. The highest BCUT2D eigenvalue weighted by atomic mass is 35.5. The van der Waals surface area contributed by atoms with Crippen molar-refractivity contribution in [3.05, 3.63) is 34.9 Å². The fraction of sp³-hybridized carbons (Fsp3) is 0.500. The molecule has 0 spiro atoms. The quantitative estimate of drug-likeness (QED) is 0.547. The number of hydrogen-bond acceptors (Lipinski definition) is 1. The van der Waals surface area contributed by atoms with E-state index in [4.69, 9.17) is 27.9 Å². The molecule has 1 unspecified atom stereocenters. The van der Waals surface area contributed by atoms with Crippen molar-refractivity contribution < 1.29 is 4.74 Å². The maximum absolute atomic E-state index is 6.18. The van der Waals surface area contributed by atoms with Crippen LogP contribution in [-0.4, -0.2) is 18.6 Å². The minimum atomic E-state index is 0.120. The fourth-order valence-corrected chi connectivity index (χ4v) is 1.86. The van der Waals surface area contributed by atoms with Crippen molar-refractivity contribution in [3.63, 3.8) is 0 Å². The van der Waals surface area contributed by atoms with E-state index in [0.29, 0.717) is 0 Å². The second-order valence-corrected chi connectivity index (χ2v) is 4.47. The summed E-state index contributed by atoms with van der Waals surface area (Å²) in [5.74, 6) is 0. The van der Waals surface area contributed by atoms with Crippen molar-refractivity contribution >= 4 is 23.2 Å². The van der Waals surface area contributed by atoms with Crippen molar-refractivity contribution in [1.82, 2.24) is 0 Å². The smallest absolute Gasteiger partial charge is 0.0480 e. The fourth-order valence-electron chi connectivity index (χ4n) is 1.38. The molecule has 1 atom stereocenters. The Labute approximate surface area is 101 Å². The molecule has 3 heteroatoms. The van der Waals surface area contributed by atoms with E-state index in [1.54, 1.807) is 0 Å². The normalized spacial score (nSPS) is 12.7. The summed E-state index contributed by atoms with van der Waals surface area (Å²) in [4.78, 5) is 0. The summed E-state index contributed by atoms with van der Waals surface area (Å²) in [5, 5.41) is 0.885. The minimum Gasteiger partial charge on any atom is -0.382 e. The summed E-state index contributed by atoms with van der Waals surface area (Å²) in [5.41, 5.74) is 1.18. The molecule has 1 aromatic carbocycles. The van der Waals surface area contributed by atoms with Crippen LogP contribution in [0.25, 0.3) is 0 Å². The monoisotopic (exact) mass is 246 g/mol. The molecule has 0 radical (unpaired) electrons. The van der Waals surface area contributed by atoms with Gasteiger partial charge in [0.2, 0.25) is 0 Å². The summed E-state index contributed by atoms with van der Waals surface area (Å²) >= 11 is 12.1. The Kier molecular flexibility index (Phi) is 6.07. The highest BCUT2D eigenvalue weighted by Crippen LogP contribution is 2.15. The molecule has 0 bridgehead atoms. The van der Waals surface area contributed by atoms with Crippen LogP contribution in [0.4, 0.5) is 0 Å². The standard InChI is InChI=1S/C12H16Cl2O/c1-2-15-7-6-12(14)9-10-4-3-5-11(13)8-10/h3-5,8,12H,2,6-7,9H2,1H3. The van der Waals surface area contributed by atoms with Crippen LogP contribution < -0.4 is 0 Å². The van der Waals surface area contributed by atoms with Gasteiger partial charge < -0.3 is 4.74 Å². The van der Waals surface area contributed by atoms with Crippen LogP contribution in [0.1, 0.15) is 18.9 Å². The van der Waals surface area contributed by atoms with Gasteiger partial charge in [-0.1, -0.05) is 23.7 Å². The van der Waals surface area contributed by atoms with Crippen LogP contribution in [0, 0.1) is 0 Å². The van der Waals surface area contributed by atoms with Gasteiger partial charge in [-0.2, -0.15) is 0 Å². The first-order valence-electron chi connectivity index (χ1n) is 5.18. The molecule has 0 aliphatic carbocycles. The van der Waals surface area contributed by atoms with Crippen LogP contribution in [0.3, 0.4) is 0 Å². The molecular weight excluding hydrogens is 231 g/mol. The van der Waals surface area contributed by atoms with Gasteiger partial charge in [0.05, 0.1) is 0 Å². The first kappa shape index (κ1) is 12.8. The minimum absolute atomic E-state index is 0.120. The second-order valence-electron chi connectivity index (χ2n) is 3.42. The Morgan fingerprint density at radius 2 is 2.20 bits per heavy atom. The molecule has 0 fully saturated rings. The molecule has 0 heterocycles. The van der Waals surface area contributed by atoms with Gasteiger partial charge in [0.15, 0.2) is 0 Å². The van der Waals surface area contributed by atoms with Gasteiger partial charge in [-0.25, -0.2) is 0 Å². The third kappa shape index (κ3) is 5.41. The van der Waals surface area contributed by atoms with Crippen molar-refractivity contribution in [2.24, 2.45) is 0 Å². The van der Waals surface area contributed by atoms with Crippen molar-refractivity contribution in [2.45, 2.75) is 25.1 Å². The van der Waals surface area contributed by atoms with Gasteiger partial charge >= 0.3 is 0 Å². The first-order chi connectivity index (χ1) is 7.22. The van der Waals surface area contributed by atoms with Gasteiger partial charge in [0.1, 0.15) is 0 Å². The molecule has 0 aromatic heterocycles. The Morgan fingerprint density at radius 3 is 2.87 bits per heavy atom. The Hall–Kier alpha value is -0.240. The molecule has 0 N–H and O–H groups in total. The summed E-state index contributed by atoms with van der Waals surface area (Å²) < 4.78 is 5.26. The third-order valence-electron chi connectivity index (χ3n) is 2.13. The molecule has 84 valence electrons. The average molecular weight is 247 g/mol. The number of benzene rings is 1. The molecule has 0 aliphatic rings. The molecule has 0 saturated carbocycles. The van der Waals surface area contributed by atoms with Crippen molar-refractivity contribution in [3.8, 4) is 0 Å². The van der Waals surface area contributed by atoms with Crippen LogP contribution in [0.2, 0.25) is 5.02 Å². The molecule has 1 aromatic rings. The zero-order valence-electron chi connectivity index (χ0n) is 8.88. The first-order valence-corrected chi connectivity index (χ1v) is 6.00. The third-order valence-corrected chi connectivity index (χ3v) is 2.73. The van der Waals surface area contributed by atoms with E-state index >= 15 is 0 Å². The van der Waals surface area contributed by atoms with E-state index in [1.807, 2.05) is 31.2 Å². The zero-order chi connectivity index (χ0) is 11.1. The number of alkyl halides is 1. The summed E-state index contributed by atoms with van der Waals surface area (Å²) in [6.07, 6.45) is 1.72. The van der Waals surface area contributed by atoms with Gasteiger partial charge in [-0.3, -0.25) is 0 Å². The molecule has 1 nitrogen and oxygen atoms in total. The number of halogens is 2. The van der Waals surface area contributed by atoms with Crippen molar-refractivity contribution in [2.75, 3.05) is 13.2 Å². The van der Waals surface area contributed by atoms with Crippen LogP contribution in [0.5, 0.6) is 0 Å². The molecule has 0 saturated heterocycles. The topological polar surface area (TPSA) is 9.23 Å². The van der Waals surface area contributed by atoms with Crippen LogP contribution in [0.15, 0.2) is 24.3 Å². The summed E-state index contributed by atoms with van der Waals surface area (Å²) in [6, 6.07) is 7.82. The van der Waals surface area contributed by atoms with Crippen LogP contribution >= 0.6 is 23.2 Å². The lowest BCUT2D eigenvalue weighted by Gasteiger charge is -2.09. The number of rotatable bonds is 6.